The van der Waals surface area contributed by atoms with Gasteiger partial charge in [0.2, 0.25) is 5.91 Å². The van der Waals surface area contributed by atoms with Gasteiger partial charge in [-0.3, -0.25) is 4.79 Å². The summed E-state index contributed by atoms with van der Waals surface area (Å²) in [6.07, 6.45) is 0. The average Bonchev–Trinajstić information content (AvgIpc) is 2.28. The first-order valence-corrected chi connectivity index (χ1v) is 5.16. The van der Waals surface area contributed by atoms with E-state index in [4.69, 9.17) is 10.5 Å². The van der Waals surface area contributed by atoms with Crippen LogP contribution in [0.15, 0.2) is 18.2 Å². The number of carbonyl (C=O) groups excluding carboxylic acids is 1. The number of aryl methyl sites for hydroxylation is 1. The van der Waals surface area contributed by atoms with Gasteiger partial charge in [-0.1, -0.05) is 17.7 Å². The first-order valence-electron chi connectivity index (χ1n) is 5.16. The summed E-state index contributed by atoms with van der Waals surface area (Å²) in [6.45, 7) is 2.55. The van der Waals surface area contributed by atoms with E-state index < -0.39 is 0 Å². The van der Waals surface area contributed by atoms with Crippen molar-refractivity contribution in [2.24, 2.45) is 5.73 Å². The number of hydrogen-bond acceptors (Lipinski definition) is 3. The molecule has 0 saturated carbocycles. The lowest BCUT2D eigenvalue weighted by molar-refractivity contribution is -0.128. The summed E-state index contributed by atoms with van der Waals surface area (Å²) in [5, 5.41) is 0. The van der Waals surface area contributed by atoms with Crippen molar-refractivity contribution >= 4 is 5.91 Å². The number of benzene rings is 1. The number of likely N-dealkylation sites (N-methyl/N-ethyl adjacent to an activating group) is 1. The molecule has 0 aliphatic heterocycles. The highest BCUT2D eigenvalue weighted by Crippen LogP contribution is 2.20. The molecular weight excluding hydrogens is 204 g/mol. The lowest BCUT2D eigenvalue weighted by atomic mass is 10.1. The van der Waals surface area contributed by atoms with E-state index in [9.17, 15) is 4.79 Å². The lowest BCUT2D eigenvalue weighted by Crippen LogP contribution is -2.32. The Balaban J connectivity index is 2.86. The lowest BCUT2D eigenvalue weighted by Gasteiger charge is -2.18. The van der Waals surface area contributed by atoms with Crippen LogP contribution in [0.1, 0.15) is 11.1 Å². The van der Waals surface area contributed by atoms with E-state index in [1.54, 1.807) is 19.1 Å². The third-order valence-electron chi connectivity index (χ3n) is 2.44. The molecular formula is C12H18N2O2. The van der Waals surface area contributed by atoms with Crippen molar-refractivity contribution < 1.29 is 9.53 Å². The quantitative estimate of drug-likeness (QED) is 0.824. The molecule has 0 unspecified atom stereocenters. The predicted octanol–water partition coefficient (Wildman–Crippen LogP) is 0.921. The maximum Gasteiger partial charge on any atom is 0.236 e. The molecule has 2 N–H and O–H groups in total. The Labute approximate surface area is 96.0 Å². The molecule has 16 heavy (non-hydrogen) atoms. The second-order valence-electron chi connectivity index (χ2n) is 3.77. The van der Waals surface area contributed by atoms with Crippen LogP contribution >= 0.6 is 0 Å². The van der Waals surface area contributed by atoms with Gasteiger partial charge in [0.25, 0.3) is 0 Å². The maximum absolute atomic E-state index is 11.4. The highest BCUT2D eigenvalue weighted by molar-refractivity contribution is 5.77. The van der Waals surface area contributed by atoms with Crippen LogP contribution in [-0.2, 0) is 11.3 Å². The Kier molecular flexibility index (Phi) is 4.31. The van der Waals surface area contributed by atoms with Crippen LogP contribution in [0, 0.1) is 6.92 Å². The van der Waals surface area contributed by atoms with E-state index >= 15 is 0 Å². The highest BCUT2D eigenvalue weighted by Gasteiger charge is 2.10. The molecule has 0 aliphatic rings. The Hall–Kier alpha value is -1.55. The topological polar surface area (TPSA) is 55.6 Å². The molecule has 0 radical (unpaired) electrons. The number of methoxy groups -OCH3 is 1. The molecule has 0 saturated heterocycles. The molecule has 0 aromatic heterocycles. The summed E-state index contributed by atoms with van der Waals surface area (Å²) in [5.74, 6) is 0.714. The molecule has 1 rings (SSSR count). The van der Waals surface area contributed by atoms with Gasteiger partial charge in [-0.05, 0) is 13.0 Å². The molecule has 4 nitrogen and oxygen atoms in total. The molecule has 0 fully saturated rings. The van der Waals surface area contributed by atoms with Gasteiger partial charge < -0.3 is 15.4 Å². The number of hydrogen-bond donors (Lipinski definition) is 1. The molecule has 4 heteroatoms. The van der Waals surface area contributed by atoms with Crippen molar-refractivity contribution in [3.8, 4) is 5.75 Å². The molecule has 1 amide bonds. The van der Waals surface area contributed by atoms with Crippen LogP contribution in [0.2, 0.25) is 0 Å². The second kappa shape index (κ2) is 5.51. The van der Waals surface area contributed by atoms with Crippen molar-refractivity contribution in [3.05, 3.63) is 29.3 Å². The Bertz CT molecular complexity index is 377. The third kappa shape index (κ3) is 2.97. The minimum atomic E-state index is -0.0800. The molecule has 0 bridgehead atoms. The number of nitrogens with zero attached hydrogens (tertiary/aromatic N) is 1. The van der Waals surface area contributed by atoms with Crippen molar-refractivity contribution in [3.63, 3.8) is 0 Å². The zero-order valence-electron chi connectivity index (χ0n) is 9.99. The average molecular weight is 222 g/mol. The summed E-state index contributed by atoms with van der Waals surface area (Å²) in [6, 6.07) is 5.90. The van der Waals surface area contributed by atoms with Crippen LogP contribution in [0.25, 0.3) is 0 Å². The van der Waals surface area contributed by atoms with Gasteiger partial charge >= 0.3 is 0 Å². The van der Waals surface area contributed by atoms with Gasteiger partial charge in [0.15, 0.2) is 0 Å². The fraction of sp³-hybridized carbons (Fsp3) is 0.417. The second-order valence-corrected chi connectivity index (χ2v) is 3.77. The highest BCUT2D eigenvalue weighted by atomic mass is 16.5. The molecule has 0 heterocycles. The fourth-order valence-corrected chi connectivity index (χ4v) is 1.53. The molecule has 88 valence electrons. The largest absolute Gasteiger partial charge is 0.496 e. The minimum Gasteiger partial charge on any atom is -0.496 e. The van der Waals surface area contributed by atoms with Crippen LogP contribution in [0.3, 0.4) is 0 Å². The fourth-order valence-electron chi connectivity index (χ4n) is 1.53. The first kappa shape index (κ1) is 12.5. The van der Waals surface area contributed by atoms with Crippen molar-refractivity contribution in [2.45, 2.75) is 13.5 Å². The van der Waals surface area contributed by atoms with Crippen LogP contribution < -0.4 is 10.5 Å². The monoisotopic (exact) mass is 222 g/mol. The summed E-state index contributed by atoms with van der Waals surface area (Å²) in [4.78, 5) is 13.0. The van der Waals surface area contributed by atoms with Crippen LogP contribution in [0.4, 0.5) is 0 Å². The van der Waals surface area contributed by atoms with Gasteiger partial charge in [0.05, 0.1) is 13.7 Å². The first-order chi connectivity index (χ1) is 7.58. The minimum absolute atomic E-state index is 0.0324. The smallest absolute Gasteiger partial charge is 0.236 e. The SMILES string of the molecule is COc1ccc(C)cc1CN(C)C(=O)CN. The number of carbonyl (C=O) groups is 1. The van der Waals surface area contributed by atoms with Gasteiger partial charge in [-0.15, -0.1) is 0 Å². The maximum atomic E-state index is 11.4. The molecule has 0 atom stereocenters. The standard InChI is InChI=1S/C12H18N2O2/c1-9-4-5-11(16-3)10(6-9)8-14(2)12(15)7-13/h4-6H,7-8,13H2,1-3H3. The van der Waals surface area contributed by atoms with E-state index in [1.807, 2.05) is 25.1 Å². The van der Waals surface area contributed by atoms with Crippen molar-refractivity contribution in [1.82, 2.24) is 4.90 Å². The van der Waals surface area contributed by atoms with E-state index in [2.05, 4.69) is 0 Å². The normalized spacial score (nSPS) is 10.0. The predicted molar refractivity (Wildman–Crippen MR) is 63.3 cm³/mol. The molecule has 0 aliphatic carbocycles. The molecule has 1 aromatic carbocycles. The van der Waals surface area contributed by atoms with E-state index in [0.717, 1.165) is 16.9 Å². The molecule has 1 aromatic rings. The number of rotatable bonds is 4. The Morgan fingerprint density at radius 2 is 2.19 bits per heavy atom. The zero-order valence-corrected chi connectivity index (χ0v) is 9.99. The van der Waals surface area contributed by atoms with E-state index in [-0.39, 0.29) is 12.5 Å². The van der Waals surface area contributed by atoms with Gasteiger partial charge in [-0.25, -0.2) is 0 Å². The third-order valence-corrected chi connectivity index (χ3v) is 2.44. The van der Waals surface area contributed by atoms with Crippen molar-refractivity contribution in [2.75, 3.05) is 20.7 Å². The Morgan fingerprint density at radius 3 is 2.75 bits per heavy atom. The zero-order chi connectivity index (χ0) is 12.1. The Morgan fingerprint density at radius 1 is 1.50 bits per heavy atom. The van der Waals surface area contributed by atoms with Gasteiger partial charge in [0.1, 0.15) is 5.75 Å². The summed E-state index contributed by atoms with van der Waals surface area (Å²) in [7, 11) is 3.36. The van der Waals surface area contributed by atoms with E-state index in [0.29, 0.717) is 6.54 Å². The summed E-state index contributed by atoms with van der Waals surface area (Å²) in [5.41, 5.74) is 7.44. The van der Waals surface area contributed by atoms with Crippen LogP contribution in [0.5, 0.6) is 5.75 Å². The summed E-state index contributed by atoms with van der Waals surface area (Å²) >= 11 is 0. The van der Waals surface area contributed by atoms with Gasteiger partial charge in [-0.2, -0.15) is 0 Å². The number of amides is 1. The van der Waals surface area contributed by atoms with Crippen LogP contribution in [-0.4, -0.2) is 31.5 Å². The number of nitrogens with two attached hydrogens (primary N) is 1. The number of ether oxygens (including phenoxy) is 1. The van der Waals surface area contributed by atoms with E-state index in [1.165, 1.54) is 0 Å². The van der Waals surface area contributed by atoms with Gasteiger partial charge in [0, 0.05) is 19.2 Å². The molecule has 0 spiro atoms. The summed E-state index contributed by atoms with van der Waals surface area (Å²) < 4.78 is 5.25. The van der Waals surface area contributed by atoms with Crippen molar-refractivity contribution in [1.29, 1.82) is 0 Å².